The van der Waals surface area contributed by atoms with Crippen LogP contribution in [0.25, 0.3) is 0 Å². The number of aryl methyl sites for hydroxylation is 2. The van der Waals surface area contributed by atoms with Crippen LogP contribution in [0.15, 0.2) is 12.3 Å². The first-order valence-corrected chi connectivity index (χ1v) is 6.14. The van der Waals surface area contributed by atoms with E-state index in [9.17, 15) is 0 Å². The third kappa shape index (κ3) is 3.34. The van der Waals surface area contributed by atoms with Gasteiger partial charge in [-0.1, -0.05) is 6.92 Å². The Morgan fingerprint density at radius 2 is 2.40 bits per heavy atom. The van der Waals surface area contributed by atoms with E-state index in [0.717, 1.165) is 32.0 Å². The molecule has 15 heavy (non-hydrogen) atoms. The topological polar surface area (TPSA) is 29.9 Å². The quantitative estimate of drug-likeness (QED) is 0.693. The van der Waals surface area contributed by atoms with E-state index in [0.29, 0.717) is 0 Å². The van der Waals surface area contributed by atoms with E-state index >= 15 is 0 Å². The van der Waals surface area contributed by atoms with Gasteiger partial charge in [0, 0.05) is 24.5 Å². The Balaban J connectivity index is 1.68. The smallest absolute Gasteiger partial charge is 0.0492 e. The zero-order valence-electron chi connectivity index (χ0n) is 9.58. The van der Waals surface area contributed by atoms with Crippen LogP contribution in [0.2, 0.25) is 0 Å². The molecule has 0 aromatic carbocycles. The second-order valence-corrected chi connectivity index (χ2v) is 4.38. The molecule has 0 radical (unpaired) electrons. The van der Waals surface area contributed by atoms with Crippen molar-refractivity contribution >= 4 is 0 Å². The van der Waals surface area contributed by atoms with Crippen LogP contribution in [0.1, 0.15) is 38.3 Å². The van der Waals surface area contributed by atoms with Gasteiger partial charge >= 0.3 is 0 Å². The number of hydrogen-bond acceptors (Lipinski definition) is 2. The Hall–Kier alpha value is -0.830. The summed E-state index contributed by atoms with van der Waals surface area (Å²) in [6.07, 6.45) is 8.22. The Kier molecular flexibility index (Phi) is 3.78. The van der Waals surface area contributed by atoms with Crippen LogP contribution in [-0.2, 0) is 13.0 Å². The fourth-order valence-corrected chi connectivity index (χ4v) is 1.85. The predicted molar refractivity (Wildman–Crippen MR) is 61.9 cm³/mol. The van der Waals surface area contributed by atoms with Gasteiger partial charge in [0.2, 0.25) is 0 Å². The molecule has 0 unspecified atom stereocenters. The number of rotatable bonds is 7. The maximum Gasteiger partial charge on any atom is 0.0492 e. The highest BCUT2D eigenvalue weighted by molar-refractivity contribution is 5.00. The normalized spacial score (nSPS) is 15.8. The van der Waals surface area contributed by atoms with Crippen LogP contribution in [0.4, 0.5) is 0 Å². The highest BCUT2D eigenvalue weighted by Gasteiger charge is 2.19. The zero-order valence-corrected chi connectivity index (χ0v) is 9.58. The van der Waals surface area contributed by atoms with Crippen LogP contribution in [0.5, 0.6) is 0 Å². The molecule has 1 N–H and O–H groups in total. The lowest BCUT2D eigenvalue weighted by atomic mass is 10.2. The summed E-state index contributed by atoms with van der Waals surface area (Å²) in [5.74, 6) is 0. The van der Waals surface area contributed by atoms with Gasteiger partial charge in [0.25, 0.3) is 0 Å². The lowest BCUT2D eigenvalue weighted by molar-refractivity contribution is 0.558. The van der Waals surface area contributed by atoms with E-state index in [1.807, 2.05) is 6.20 Å². The average molecular weight is 207 g/mol. The molecule has 1 fully saturated rings. The largest absolute Gasteiger partial charge is 0.314 e. The minimum Gasteiger partial charge on any atom is -0.314 e. The number of nitrogens with zero attached hydrogens (tertiary/aromatic N) is 2. The van der Waals surface area contributed by atoms with Crippen LogP contribution in [0, 0.1) is 0 Å². The highest BCUT2D eigenvalue weighted by Crippen LogP contribution is 2.18. The Bertz CT molecular complexity index is 289. The molecule has 2 rings (SSSR count). The summed E-state index contributed by atoms with van der Waals surface area (Å²) < 4.78 is 2.14. The molecular weight excluding hydrogens is 186 g/mol. The minimum absolute atomic E-state index is 0.838. The monoisotopic (exact) mass is 207 g/mol. The van der Waals surface area contributed by atoms with Crippen molar-refractivity contribution in [1.82, 2.24) is 15.1 Å². The number of nitrogens with one attached hydrogen (secondary N) is 1. The van der Waals surface area contributed by atoms with Gasteiger partial charge in [0.1, 0.15) is 0 Å². The lowest BCUT2D eigenvalue weighted by Crippen LogP contribution is -2.18. The summed E-state index contributed by atoms with van der Waals surface area (Å²) in [4.78, 5) is 0. The molecule has 1 aromatic heterocycles. The summed E-state index contributed by atoms with van der Waals surface area (Å²) >= 11 is 0. The number of hydrogen-bond donors (Lipinski definition) is 1. The first-order valence-electron chi connectivity index (χ1n) is 6.14. The van der Waals surface area contributed by atoms with Crippen molar-refractivity contribution < 1.29 is 0 Å². The van der Waals surface area contributed by atoms with Crippen molar-refractivity contribution in [1.29, 1.82) is 0 Å². The third-order valence-electron chi connectivity index (χ3n) is 2.86. The SMILES string of the molecule is CCCn1nccc1CCCNC1CC1. The second-order valence-electron chi connectivity index (χ2n) is 4.38. The van der Waals surface area contributed by atoms with Gasteiger partial charge in [-0.3, -0.25) is 4.68 Å². The molecule has 0 atom stereocenters. The van der Waals surface area contributed by atoms with Crippen molar-refractivity contribution in [2.45, 2.75) is 51.6 Å². The van der Waals surface area contributed by atoms with Gasteiger partial charge in [0.15, 0.2) is 0 Å². The molecule has 0 amide bonds. The fourth-order valence-electron chi connectivity index (χ4n) is 1.85. The van der Waals surface area contributed by atoms with Crippen LogP contribution >= 0.6 is 0 Å². The van der Waals surface area contributed by atoms with Gasteiger partial charge in [-0.15, -0.1) is 0 Å². The van der Waals surface area contributed by atoms with Gasteiger partial charge in [-0.2, -0.15) is 5.10 Å². The van der Waals surface area contributed by atoms with Crippen molar-refractivity contribution in [3.8, 4) is 0 Å². The van der Waals surface area contributed by atoms with E-state index in [4.69, 9.17) is 0 Å². The molecule has 0 spiro atoms. The summed E-state index contributed by atoms with van der Waals surface area (Å²) in [5.41, 5.74) is 1.38. The maximum atomic E-state index is 4.33. The molecule has 1 aliphatic rings. The van der Waals surface area contributed by atoms with Gasteiger partial charge in [-0.05, 0) is 44.7 Å². The maximum absolute atomic E-state index is 4.33. The molecule has 84 valence electrons. The van der Waals surface area contributed by atoms with Crippen LogP contribution in [0.3, 0.4) is 0 Å². The lowest BCUT2D eigenvalue weighted by Gasteiger charge is -2.06. The van der Waals surface area contributed by atoms with E-state index < -0.39 is 0 Å². The summed E-state index contributed by atoms with van der Waals surface area (Å²) in [6, 6.07) is 2.98. The van der Waals surface area contributed by atoms with Crippen molar-refractivity contribution in [2.24, 2.45) is 0 Å². The van der Waals surface area contributed by atoms with Crippen LogP contribution in [-0.4, -0.2) is 22.4 Å². The molecule has 3 heteroatoms. The Morgan fingerprint density at radius 3 is 3.13 bits per heavy atom. The van der Waals surface area contributed by atoms with E-state index in [-0.39, 0.29) is 0 Å². The zero-order chi connectivity index (χ0) is 10.5. The Morgan fingerprint density at radius 1 is 1.53 bits per heavy atom. The fraction of sp³-hybridized carbons (Fsp3) is 0.750. The summed E-state index contributed by atoms with van der Waals surface area (Å²) in [5, 5.41) is 7.87. The predicted octanol–water partition coefficient (Wildman–Crippen LogP) is 1.98. The molecule has 0 saturated heterocycles. The summed E-state index contributed by atoms with van der Waals surface area (Å²) in [6.45, 7) is 4.40. The molecule has 1 heterocycles. The molecule has 1 aliphatic carbocycles. The Labute approximate surface area is 91.9 Å². The first kappa shape index (κ1) is 10.7. The second kappa shape index (κ2) is 5.31. The van der Waals surface area contributed by atoms with E-state index in [2.05, 4.69) is 28.1 Å². The molecular formula is C12H21N3. The standard InChI is InChI=1S/C12H21N3/c1-2-10-15-12(7-9-14-15)4-3-8-13-11-5-6-11/h7,9,11,13H,2-6,8,10H2,1H3. The molecule has 1 saturated carbocycles. The van der Waals surface area contributed by atoms with Gasteiger partial charge < -0.3 is 5.32 Å². The van der Waals surface area contributed by atoms with E-state index in [1.54, 1.807) is 0 Å². The third-order valence-corrected chi connectivity index (χ3v) is 2.86. The van der Waals surface area contributed by atoms with Crippen molar-refractivity contribution in [3.63, 3.8) is 0 Å². The van der Waals surface area contributed by atoms with E-state index in [1.165, 1.54) is 25.0 Å². The van der Waals surface area contributed by atoms with Crippen LogP contribution < -0.4 is 5.32 Å². The average Bonchev–Trinajstić information content (AvgIpc) is 2.96. The molecule has 1 aromatic rings. The summed E-state index contributed by atoms with van der Waals surface area (Å²) in [7, 11) is 0. The molecule has 0 bridgehead atoms. The van der Waals surface area contributed by atoms with Gasteiger partial charge in [-0.25, -0.2) is 0 Å². The highest BCUT2D eigenvalue weighted by atomic mass is 15.3. The minimum atomic E-state index is 0.838. The first-order chi connectivity index (χ1) is 7.40. The molecule has 0 aliphatic heterocycles. The van der Waals surface area contributed by atoms with Crippen molar-refractivity contribution in [3.05, 3.63) is 18.0 Å². The van der Waals surface area contributed by atoms with Gasteiger partial charge in [0.05, 0.1) is 0 Å². The van der Waals surface area contributed by atoms with Crippen molar-refractivity contribution in [2.75, 3.05) is 6.54 Å². The molecule has 3 nitrogen and oxygen atoms in total. The number of aromatic nitrogens is 2.